The molecular formula is C19H12F3NO4S. The number of hydrogen-bond donors (Lipinski definition) is 3. The average molecular weight is 407 g/mol. The van der Waals surface area contributed by atoms with Crippen molar-refractivity contribution in [3.05, 3.63) is 69.9 Å². The molecule has 0 bridgehead atoms. The lowest BCUT2D eigenvalue weighted by Gasteiger charge is -2.09. The van der Waals surface area contributed by atoms with Crippen molar-refractivity contribution in [1.82, 2.24) is 0 Å². The monoisotopic (exact) mass is 407 g/mol. The number of aromatic hydroxyl groups is 1. The number of carboxylic acids is 1. The van der Waals surface area contributed by atoms with Crippen molar-refractivity contribution in [1.29, 1.82) is 0 Å². The van der Waals surface area contributed by atoms with Gasteiger partial charge in [0.1, 0.15) is 10.6 Å². The maximum Gasteiger partial charge on any atom is 0.339 e. The number of amides is 1. The molecule has 2 aromatic carbocycles. The minimum atomic E-state index is -1.48. The highest BCUT2D eigenvalue weighted by Gasteiger charge is 2.25. The van der Waals surface area contributed by atoms with Crippen molar-refractivity contribution in [3.63, 3.8) is 0 Å². The number of carboxylic acid groups (broad SMARTS) is 1. The molecule has 0 aliphatic rings. The molecule has 0 atom stereocenters. The van der Waals surface area contributed by atoms with Gasteiger partial charge >= 0.3 is 5.97 Å². The molecule has 0 spiro atoms. The molecular weight excluding hydrogens is 395 g/mol. The Morgan fingerprint density at radius 3 is 2.43 bits per heavy atom. The number of anilines is 1. The number of carbonyl (C=O) groups excluding carboxylic acids is 1. The highest BCUT2D eigenvalue weighted by Crippen LogP contribution is 2.38. The predicted octanol–water partition coefficient (Wildman–Crippen LogP) is 4.80. The molecule has 5 nitrogen and oxygen atoms in total. The Morgan fingerprint density at radius 1 is 1.04 bits per heavy atom. The Morgan fingerprint density at radius 2 is 1.75 bits per heavy atom. The number of aryl methyl sites for hydroxylation is 1. The van der Waals surface area contributed by atoms with Crippen LogP contribution in [-0.2, 0) is 0 Å². The summed E-state index contributed by atoms with van der Waals surface area (Å²) in [6, 6.07) is 5.85. The van der Waals surface area contributed by atoms with Gasteiger partial charge in [-0.2, -0.15) is 0 Å². The normalized spacial score (nSPS) is 10.7. The Balaban J connectivity index is 2.05. The van der Waals surface area contributed by atoms with Gasteiger partial charge in [-0.1, -0.05) is 18.2 Å². The zero-order chi connectivity index (χ0) is 20.6. The average Bonchev–Trinajstić information content (AvgIpc) is 3.05. The van der Waals surface area contributed by atoms with E-state index in [0.717, 1.165) is 23.5 Å². The second-order valence-electron chi connectivity index (χ2n) is 5.81. The molecule has 1 amide bonds. The number of rotatable bonds is 4. The number of benzene rings is 2. The molecule has 3 aromatic rings. The van der Waals surface area contributed by atoms with Crippen LogP contribution >= 0.6 is 11.3 Å². The number of hydrogen-bond acceptors (Lipinski definition) is 4. The van der Waals surface area contributed by atoms with Gasteiger partial charge in [-0.15, -0.1) is 11.3 Å². The van der Waals surface area contributed by atoms with Gasteiger partial charge in [0.05, 0.1) is 5.56 Å². The Bertz CT molecular complexity index is 1110. The van der Waals surface area contributed by atoms with E-state index in [1.165, 1.54) is 30.5 Å². The summed E-state index contributed by atoms with van der Waals surface area (Å²) < 4.78 is 41.6. The molecule has 0 saturated heterocycles. The van der Waals surface area contributed by atoms with E-state index in [2.05, 4.69) is 5.32 Å². The molecule has 28 heavy (non-hydrogen) atoms. The van der Waals surface area contributed by atoms with E-state index in [0.29, 0.717) is 0 Å². The summed E-state index contributed by atoms with van der Waals surface area (Å²) in [5, 5.41) is 22.5. The van der Waals surface area contributed by atoms with Gasteiger partial charge in [-0.25, -0.2) is 18.0 Å². The molecule has 0 unspecified atom stereocenters. The first-order valence-electron chi connectivity index (χ1n) is 7.81. The summed E-state index contributed by atoms with van der Waals surface area (Å²) in [6.45, 7) is 1.37. The number of phenols is 1. The predicted molar refractivity (Wildman–Crippen MR) is 97.4 cm³/mol. The summed E-state index contributed by atoms with van der Waals surface area (Å²) in [7, 11) is 0. The molecule has 0 saturated carbocycles. The lowest BCUT2D eigenvalue weighted by Crippen LogP contribution is -2.14. The Labute approximate surface area is 160 Å². The van der Waals surface area contributed by atoms with Crippen LogP contribution in [0.25, 0.3) is 11.1 Å². The second kappa shape index (κ2) is 7.35. The van der Waals surface area contributed by atoms with Crippen LogP contribution in [-0.4, -0.2) is 22.1 Å². The fourth-order valence-electron chi connectivity index (χ4n) is 2.58. The fourth-order valence-corrected chi connectivity index (χ4v) is 3.53. The van der Waals surface area contributed by atoms with Crippen molar-refractivity contribution in [2.24, 2.45) is 0 Å². The smallest absolute Gasteiger partial charge is 0.339 e. The minimum absolute atomic E-state index is 0.0588. The highest BCUT2D eigenvalue weighted by molar-refractivity contribution is 7.15. The highest BCUT2D eigenvalue weighted by atomic mass is 32.1. The number of para-hydroxylation sites is 1. The lowest BCUT2D eigenvalue weighted by molar-refractivity contribution is 0.0699. The molecule has 0 fully saturated rings. The van der Waals surface area contributed by atoms with Crippen LogP contribution in [0.3, 0.4) is 0 Å². The number of aromatic carboxylic acids is 1. The topological polar surface area (TPSA) is 86.6 Å². The largest absolute Gasteiger partial charge is 0.504 e. The maximum atomic E-state index is 14.3. The van der Waals surface area contributed by atoms with E-state index in [-0.39, 0.29) is 21.7 Å². The molecule has 9 heteroatoms. The van der Waals surface area contributed by atoms with Crippen molar-refractivity contribution in [3.8, 4) is 16.9 Å². The third kappa shape index (κ3) is 3.31. The van der Waals surface area contributed by atoms with Gasteiger partial charge < -0.3 is 15.5 Å². The Hall–Kier alpha value is -3.33. The van der Waals surface area contributed by atoms with Crippen molar-refractivity contribution < 1.29 is 33.0 Å². The van der Waals surface area contributed by atoms with E-state index >= 15 is 0 Å². The van der Waals surface area contributed by atoms with Crippen LogP contribution in [0.1, 0.15) is 26.3 Å². The van der Waals surface area contributed by atoms with Gasteiger partial charge in [0.2, 0.25) is 0 Å². The van der Waals surface area contributed by atoms with Crippen molar-refractivity contribution >= 4 is 28.2 Å². The van der Waals surface area contributed by atoms with E-state index < -0.39 is 46.2 Å². The quantitative estimate of drug-likeness (QED) is 0.580. The molecule has 0 aliphatic carbocycles. The molecule has 0 aliphatic heterocycles. The fraction of sp³-hybridized carbons (Fsp3) is 0.0526. The van der Waals surface area contributed by atoms with Crippen LogP contribution < -0.4 is 5.32 Å². The van der Waals surface area contributed by atoms with Crippen LogP contribution in [0, 0.1) is 24.4 Å². The summed E-state index contributed by atoms with van der Waals surface area (Å²) >= 11 is 0.774. The lowest BCUT2D eigenvalue weighted by atomic mass is 10.0. The number of phenolic OH excluding ortho intramolecular Hbond substituents is 1. The SMILES string of the molecule is Cc1ccc(-c2csc(NC(=O)c3cccc(F)c3O)c2C(=O)O)c(F)c1F. The molecule has 3 rings (SSSR count). The molecule has 144 valence electrons. The summed E-state index contributed by atoms with van der Waals surface area (Å²) in [5.41, 5.74) is -1.18. The van der Waals surface area contributed by atoms with Crippen molar-refractivity contribution in [2.75, 3.05) is 5.32 Å². The van der Waals surface area contributed by atoms with Gasteiger partial charge in [0.25, 0.3) is 5.91 Å². The number of nitrogens with one attached hydrogen (secondary N) is 1. The van der Waals surface area contributed by atoms with E-state index in [4.69, 9.17) is 0 Å². The molecule has 1 aromatic heterocycles. The van der Waals surface area contributed by atoms with E-state index in [9.17, 15) is 33.0 Å². The maximum absolute atomic E-state index is 14.3. The third-order valence-electron chi connectivity index (χ3n) is 4.03. The van der Waals surface area contributed by atoms with Gasteiger partial charge in [0, 0.05) is 16.5 Å². The second-order valence-corrected chi connectivity index (χ2v) is 6.69. The van der Waals surface area contributed by atoms with Crippen LogP contribution in [0.15, 0.2) is 35.7 Å². The standard InChI is InChI=1S/C19H12F3NO4S/c1-8-5-6-9(15(22)14(8)21)11-7-28-18(13(11)19(26)27)23-17(25)10-3-2-4-12(20)16(10)24/h2-7,24H,1H3,(H,23,25)(H,26,27). The summed E-state index contributed by atoms with van der Waals surface area (Å²) in [6.07, 6.45) is 0. The van der Waals surface area contributed by atoms with Gasteiger partial charge in [-0.3, -0.25) is 4.79 Å². The molecule has 3 N–H and O–H groups in total. The number of carbonyl (C=O) groups is 2. The number of halogens is 3. The zero-order valence-corrected chi connectivity index (χ0v) is 15.0. The van der Waals surface area contributed by atoms with Gasteiger partial charge in [-0.05, 0) is 24.6 Å². The molecule has 1 heterocycles. The minimum Gasteiger partial charge on any atom is -0.504 e. The zero-order valence-electron chi connectivity index (χ0n) is 14.2. The first-order valence-corrected chi connectivity index (χ1v) is 8.69. The summed E-state index contributed by atoms with van der Waals surface area (Å²) in [4.78, 5) is 24.0. The third-order valence-corrected chi connectivity index (χ3v) is 4.92. The van der Waals surface area contributed by atoms with Crippen LogP contribution in [0.4, 0.5) is 18.2 Å². The van der Waals surface area contributed by atoms with E-state index in [1.54, 1.807) is 0 Å². The first kappa shape index (κ1) is 19.4. The number of thiophene rings is 1. The Kier molecular flexibility index (Phi) is 5.10. The van der Waals surface area contributed by atoms with E-state index in [1.807, 2.05) is 0 Å². The van der Waals surface area contributed by atoms with Crippen molar-refractivity contribution in [2.45, 2.75) is 6.92 Å². The van der Waals surface area contributed by atoms with Crippen LogP contribution in [0.5, 0.6) is 5.75 Å². The molecule has 0 radical (unpaired) electrons. The van der Waals surface area contributed by atoms with Crippen LogP contribution in [0.2, 0.25) is 0 Å². The van der Waals surface area contributed by atoms with Gasteiger partial charge in [0.15, 0.2) is 23.2 Å². The first-order chi connectivity index (χ1) is 13.2. The summed E-state index contributed by atoms with van der Waals surface area (Å²) in [5.74, 6) is -6.65.